The summed E-state index contributed by atoms with van der Waals surface area (Å²) in [4.78, 5) is 0. The highest BCUT2D eigenvalue weighted by molar-refractivity contribution is 7.72. The molecule has 0 fully saturated rings. The average Bonchev–Trinajstić information content (AvgIpc) is 3.19. The van der Waals surface area contributed by atoms with Crippen LogP contribution in [-0.4, -0.2) is 6.79 Å². The molecule has 2 aliphatic rings. The van der Waals surface area contributed by atoms with Crippen molar-refractivity contribution in [2.24, 2.45) is 0 Å². The Morgan fingerprint density at radius 1 is 1.00 bits per heavy atom. The first-order chi connectivity index (χ1) is 14.1. The maximum atomic E-state index is 14.0. The highest BCUT2D eigenvalue weighted by Crippen LogP contribution is 2.62. The Labute approximate surface area is 167 Å². The first kappa shape index (κ1) is 17.4. The summed E-state index contributed by atoms with van der Waals surface area (Å²) in [7, 11) is -3.52. The molecule has 0 bridgehead atoms. The second-order valence-electron chi connectivity index (χ2n) is 6.58. The van der Waals surface area contributed by atoms with Gasteiger partial charge in [0.25, 0.3) is 0 Å². The molecule has 2 aliphatic heterocycles. The van der Waals surface area contributed by atoms with Crippen LogP contribution in [0.25, 0.3) is 11.4 Å². The molecule has 1 N–H and O–H groups in total. The normalized spacial score (nSPS) is 18.8. The first-order valence-corrected chi connectivity index (χ1v) is 10.6. The Morgan fingerprint density at radius 3 is 2.45 bits per heavy atom. The van der Waals surface area contributed by atoms with Gasteiger partial charge in [-0.1, -0.05) is 30.3 Å². The summed E-state index contributed by atoms with van der Waals surface area (Å²) in [5.41, 5.74) is 2.70. The average molecular weight is 402 g/mol. The number of benzene rings is 3. The minimum absolute atomic E-state index is 0.155. The van der Waals surface area contributed by atoms with Gasteiger partial charge in [0.15, 0.2) is 11.5 Å². The van der Waals surface area contributed by atoms with E-state index in [1.807, 2.05) is 30.3 Å². The second kappa shape index (κ2) is 6.73. The highest BCUT2D eigenvalue weighted by Gasteiger charge is 2.36. The Morgan fingerprint density at radius 2 is 1.72 bits per heavy atom. The third-order valence-corrected chi connectivity index (χ3v) is 6.73. The van der Waals surface area contributed by atoms with Crippen LogP contribution in [0, 0.1) is 11.3 Å². The highest BCUT2D eigenvalue weighted by atomic mass is 31.2. The van der Waals surface area contributed by atoms with Gasteiger partial charge < -0.3 is 19.1 Å². The Bertz CT molecular complexity index is 1210. The summed E-state index contributed by atoms with van der Waals surface area (Å²) in [5, 5.41) is 12.7. The van der Waals surface area contributed by atoms with Gasteiger partial charge in [0.1, 0.15) is 5.75 Å². The molecule has 0 aliphatic carbocycles. The number of rotatable bonds is 3. The van der Waals surface area contributed by atoms with Crippen molar-refractivity contribution in [3.63, 3.8) is 0 Å². The standard InChI is InChI=1S/C22H15N2O4P/c23-13-15-6-8-16(9-7-15)22-11-17-10-20-21(27-14-26-20)12-19(17)24-29(22,25)28-18-4-2-1-3-5-18/h1-12H,14H2,(H,24,25). The number of hydrogen-bond donors (Lipinski definition) is 1. The third kappa shape index (κ3) is 3.12. The molecule has 0 aromatic heterocycles. The maximum absolute atomic E-state index is 14.0. The van der Waals surface area contributed by atoms with Gasteiger partial charge in [0.05, 0.1) is 22.6 Å². The monoisotopic (exact) mass is 402 g/mol. The van der Waals surface area contributed by atoms with E-state index in [-0.39, 0.29) is 6.79 Å². The molecule has 3 aromatic carbocycles. The van der Waals surface area contributed by atoms with Crippen LogP contribution in [0.1, 0.15) is 16.7 Å². The van der Waals surface area contributed by atoms with E-state index in [1.54, 1.807) is 42.5 Å². The Kier molecular flexibility index (Phi) is 4.04. The lowest BCUT2D eigenvalue weighted by atomic mass is 10.1. The molecule has 0 amide bonds. The molecule has 142 valence electrons. The first-order valence-electron chi connectivity index (χ1n) is 8.94. The molecule has 7 heteroatoms. The summed E-state index contributed by atoms with van der Waals surface area (Å²) in [6.07, 6.45) is 1.83. The quantitative estimate of drug-likeness (QED) is 0.584. The van der Waals surface area contributed by atoms with Crippen molar-refractivity contribution in [3.8, 4) is 23.3 Å². The lowest BCUT2D eigenvalue weighted by molar-refractivity contribution is 0.174. The van der Waals surface area contributed by atoms with Crippen molar-refractivity contribution < 1.29 is 18.6 Å². The van der Waals surface area contributed by atoms with E-state index < -0.39 is 7.52 Å². The van der Waals surface area contributed by atoms with E-state index >= 15 is 0 Å². The topological polar surface area (TPSA) is 80.6 Å². The zero-order chi connectivity index (χ0) is 19.8. The van der Waals surface area contributed by atoms with Crippen LogP contribution in [0.3, 0.4) is 0 Å². The largest absolute Gasteiger partial charge is 0.454 e. The van der Waals surface area contributed by atoms with Crippen molar-refractivity contribution in [1.29, 1.82) is 5.26 Å². The Hall–Kier alpha value is -3.68. The Balaban J connectivity index is 1.64. The van der Waals surface area contributed by atoms with Gasteiger partial charge in [-0.25, -0.2) is 4.57 Å². The van der Waals surface area contributed by atoms with Gasteiger partial charge in [-0.3, -0.25) is 0 Å². The predicted octanol–water partition coefficient (Wildman–Crippen LogP) is 5.48. The van der Waals surface area contributed by atoms with E-state index in [9.17, 15) is 4.57 Å². The molecule has 3 aromatic rings. The van der Waals surface area contributed by atoms with Gasteiger partial charge in [0.2, 0.25) is 6.79 Å². The van der Waals surface area contributed by atoms with Crippen LogP contribution < -0.4 is 19.1 Å². The molecule has 0 radical (unpaired) electrons. The summed E-state index contributed by atoms with van der Waals surface area (Å²) in [6.45, 7) is 0.155. The number of ether oxygens (including phenoxy) is 2. The van der Waals surface area contributed by atoms with Crippen LogP contribution in [0.2, 0.25) is 0 Å². The zero-order valence-electron chi connectivity index (χ0n) is 15.2. The fraction of sp³-hybridized carbons (Fsp3) is 0.0455. The number of para-hydroxylation sites is 1. The van der Waals surface area contributed by atoms with Crippen molar-refractivity contribution in [3.05, 3.63) is 83.4 Å². The lowest BCUT2D eigenvalue weighted by Crippen LogP contribution is -2.10. The molecular weight excluding hydrogens is 387 g/mol. The van der Waals surface area contributed by atoms with E-state index in [1.165, 1.54) is 0 Å². The van der Waals surface area contributed by atoms with E-state index in [0.29, 0.717) is 39.4 Å². The summed E-state index contributed by atoms with van der Waals surface area (Å²) in [5.74, 6) is 1.73. The van der Waals surface area contributed by atoms with Gasteiger partial charge in [0, 0.05) is 11.6 Å². The van der Waals surface area contributed by atoms with E-state index in [0.717, 1.165) is 5.56 Å². The fourth-order valence-corrected chi connectivity index (χ4v) is 5.29. The number of nitrogens with one attached hydrogen (secondary N) is 1. The number of nitriles is 1. The van der Waals surface area contributed by atoms with E-state index in [4.69, 9.17) is 19.3 Å². The zero-order valence-corrected chi connectivity index (χ0v) is 16.1. The number of hydrogen-bond acceptors (Lipinski definition) is 5. The minimum atomic E-state index is -3.52. The molecule has 6 nitrogen and oxygen atoms in total. The molecule has 29 heavy (non-hydrogen) atoms. The summed E-state index contributed by atoms with van der Waals surface area (Å²) < 4.78 is 30.9. The minimum Gasteiger partial charge on any atom is -0.454 e. The van der Waals surface area contributed by atoms with Gasteiger partial charge >= 0.3 is 7.52 Å². The second-order valence-corrected chi connectivity index (χ2v) is 8.57. The fourth-order valence-electron chi connectivity index (χ4n) is 3.30. The van der Waals surface area contributed by atoms with Gasteiger partial charge in [-0.2, -0.15) is 5.26 Å². The van der Waals surface area contributed by atoms with Crippen LogP contribution in [0.5, 0.6) is 17.2 Å². The lowest BCUT2D eigenvalue weighted by Gasteiger charge is -2.28. The molecule has 5 rings (SSSR count). The summed E-state index contributed by atoms with van der Waals surface area (Å²) in [6, 6.07) is 21.7. The van der Waals surface area contributed by atoms with Crippen molar-refractivity contribution in [1.82, 2.24) is 0 Å². The number of fused-ring (bicyclic) bond motifs is 2. The van der Waals surface area contributed by atoms with Crippen molar-refractivity contribution >= 4 is 24.6 Å². The third-order valence-electron chi connectivity index (χ3n) is 4.71. The SMILES string of the molecule is N#Cc1ccc(C2=Cc3cc4c(cc3NP2(=O)Oc2ccccc2)OCO4)cc1. The van der Waals surface area contributed by atoms with Crippen LogP contribution in [0.15, 0.2) is 66.7 Å². The maximum Gasteiger partial charge on any atom is 0.372 e. The number of anilines is 1. The predicted molar refractivity (Wildman–Crippen MR) is 110 cm³/mol. The van der Waals surface area contributed by atoms with Gasteiger partial charge in [-0.05, 0) is 42.0 Å². The van der Waals surface area contributed by atoms with Gasteiger partial charge in [-0.15, -0.1) is 0 Å². The number of nitrogens with zero attached hydrogens (tertiary/aromatic N) is 1. The molecular formula is C22H15N2O4P. The molecule has 1 atom stereocenters. The molecule has 1 unspecified atom stereocenters. The van der Waals surface area contributed by atoms with Crippen molar-refractivity contribution in [2.45, 2.75) is 0 Å². The van der Waals surface area contributed by atoms with Crippen LogP contribution in [-0.2, 0) is 4.57 Å². The molecule has 0 saturated carbocycles. The molecule has 2 heterocycles. The smallest absolute Gasteiger partial charge is 0.372 e. The molecule has 0 spiro atoms. The van der Waals surface area contributed by atoms with E-state index in [2.05, 4.69) is 11.2 Å². The van der Waals surface area contributed by atoms with Crippen LogP contribution >= 0.6 is 7.52 Å². The molecule has 0 saturated heterocycles. The van der Waals surface area contributed by atoms with Crippen LogP contribution in [0.4, 0.5) is 5.69 Å². The van der Waals surface area contributed by atoms with Crippen molar-refractivity contribution in [2.75, 3.05) is 11.9 Å². The summed E-state index contributed by atoms with van der Waals surface area (Å²) >= 11 is 0.